The molecule has 120 valence electrons. The van der Waals surface area contributed by atoms with Crippen molar-refractivity contribution in [3.63, 3.8) is 0 Å². The van der Waals surface area contributed by atoms with Crippen molar-refractivity contribution in [1.82, 2.24) is 0 Å². The molecular weight excluding hydrogens is 279 g/mol. The minimum atomic E-state index is -0.923. The standard InChI is InChI=1S/C17H25BO4/c1-5-16(6-2)17(7-3,8-4)22-18(21-16)14-11-9-13(10-12-14)15(19)20/h9-12H,5-8H2,1-4H3,(H,19,20). The molecule has 2 rings (SSSR count). The Balaban J connectivity index is 2.33. The molecule has 5 heteroatoms. The third-order valence-electron chi connectivity index (χ3n) is 5.21. The van der Waals surface area contributed by atoms with Crippen molar-refractivity contribution in [2.75, 3.05) is 0 Å². The summed E-state index contributed by atoms with van der Waals surface area (Å²) in [6, 6.07) is 6.76. The van der Waals surface area contributed by atoms with Gasteiger partial charge in [0.15, 0.2) is 0 Å². The first-order chi connectivity index (χ1) is 10.5. The monoisotopic (exact) mass is 304 g/mol. The molecule has 0 aliphatic carbocycles. The Morgan fingerprint density at radius 1 is 0.955 bits per heavy atom. The summed E-state index contributed by atoms with van der Waals surface area (Å²) in [7, 11) is -0.428. The van der Waals surface area contributed by atoms with Crippen LogP contribution in [0, 0.1) is 0 Å². The topological polar surface area (TPSA) is 55.8 Å². The molecule has 0 spiro atoms. The van der Waals surface area contributed by atoms with E-state index in [2.05, 4.69) is 27.7 Å². The van der Waals surface area contributed by atoms with Crippen molar-refractivity contribution in [2.24, 2.45) is 0 Å². The summed E-state index contributed by atoms with van der Waals surface area (Å²) in [6.07, 6.45) is 3.59. The highest BCUT2D eigenvalue weighted by Crippen LogP contribution is 2.46. The lowest BCUT2D eigenvalue weighted by molar-refractivity contribution is -0.0601. The highest BCUT2D eigenvalue weighted by Gasteiger charge is 2.58. The van der Waals surface area contributed by atoms with E-state index >= 15 is 0 Å². The third-order valence-corrected chi connectivity index (χ3v) is 5.21. The lowest BCUT2D eigenvalue weighted by atomic mass is 9.75. The van der Waals surface area contributed by atoms with Gasteiger partial charge in [-0.15, -0.1) is 0 Å². The van der Waals surface area contributed by atoms with E-state index in [-0.39, 0.29) is 16.8 Å². The first-order valence-corrected chi connectivity index (χ1v) is 8.16. The van der Waals surface area contributed by atoms with Crippen LogP contribution in [0.15, 0.2) is 24.3 Å². The molecule has 1 aromatic carbocycles. The van der Waals surface area contributed by atoms with Gasteiger partial charge in [-0.25, -0.2) is 4.79 Å². The lowest BCUT2D eigenvalue weighted by Gasteiger charge is -2.42. The first-order valence-electron chi connectivity index (χ1n) is 8.16. The van der Waals surface area contributed by atoms with Crippen molar-refractivity contribution in [1.29, 1.82) is 0 Å². The second-order valence-electron chi connectivity index (χ2n) is 5.90. The molecule has 0 unspecified atom stereocenters. The molecule has 1 fully saturated rings. The van der Waals surface area contributed by atoms with Crippen LogP contribution in [0.4, 0.5) is 0 Å². The van der Waals surface area contributed by atoms with Gasteiger partial charge in [0.2, 0.25) is 0 Å². The SMILES string of the molecule is CCC1(CC)OB(c2ccc(C(=O)O)cc2)OC1(CC)CC. The van der Waals surface area contributed by atoms with Crippen molar-refractivity contribution >= 4 is 18.6 Å². The highest BCUT2D eigenvalue weighted by atomic mass is 16.7. The molecule has 1 heterocycles. The van der Waals surface area contributed by atoms with E-state index in [1.165, 1.54) is 0 Å². The van der Waals surface area contributed by atoms with Gasteiger partial charge in [-0.1, -0.05) is 39.8 Å². The van der Waals surface area contributed by atoms with Crippen LogP contribution in [0.3, 0.4) is 0 Å². The van der Waals surface area contributed by atoms with Gasteiger partial charge in [-0.2, -0.15) is 0 Å². The maximum absolute atomic E-state index is 11.0. The van der Waals surface area contributed by atoms with Crippen molar-refractivity contribution in [3.8, 4) is 0 Å². The van der Waals surface area contributed by atoms with Crippen LogP contribution in [0.25, 0.3) is 0 Å². The molecule has 0 saturated carbocycles. The number of carboxylic acids is 1. The van der Waals surface area contributed by atoms with Crippen molar-refractivity contribution in [2.45, 2.75) is 64.6 Å². The summed E-state index contributed by atoms with van der Waals surface area (Å²) >= 11 is 0. The van der Waals surface area contributed by atoms with E-state index in [0.29, 0.717) is 0 Å². The molecule has 1 N–H and O–H groups in total. The van der Waals surface area contributed by atoms with E-state index in [1.807, 2.05) is 0 Å². The molecule has 0 amide bonds. The number of hydrogen-bond acceptors (Lipinski definition) is 3. The number of rotatable bonds is 6. The normalized spacial score (nSPS) is 19.4. The van der Waals surface area contributed by atoms with Gasteiger partial charge < -0.3 is 14.4 Å². The summed E-state index contributed by atoms with van der Waals surface area (Å²) in [5.41, 5.74) is 0.579. The molecule has 0 atom stereocenters. The summed E-state index contributed by atoms with van der Waals surface area (Å²) in [5, 5.41) is 9.00. The van der Waals surface area contributed by atoms with Crippen LogP contribution in [-0.2, 0) is 9.31 Å². The van der Waals surface area contributed by atoms with Crippen LogP contribution in [0.1, 0.15) is 63.7 Å². The second-order valence-corrected chi connectivity index (χ2v) is 5.90. The zero-order valence-electron chi connectivity index (χ0n) is 13.9. The molecular formula is C17H25BO4. The Morgan fingerprint density at radius 3 is 1.68 bits per heavy atom. The lowest BCUT2D eigenvalue weighted by Crippen LogP contribution is -2.50. The number of carbonyl (C=O) groups is 1. The molecule has 0 aromatic heterocycles. The van der Waals surface area contributed by atoms with Gasteiger partial charge in [0.1, 0.15) is 0 Å². The Kier molecular flexibility index (Phi) is 4.98. The van der Waals surface area contributed by atoms with Gasteiger partial charge in [-0.05, 0) is 43.3 Å². The predicted molar refractivity (Wildman–Crippen MR) is 87.6 cm³/mol. The van der Waals surface area contributed by atoms with Gasteiger partial charge in [-0.3, -0.25) is 0 Å². The van der Waals surface area contributed by atoms with E-state index in [9.17, 15) is 4.79 Å². The zero-order chi connectivity index (χ0) is 16.4. The maximum Gasteiger partial charge on any atom is 0.494 e. The van der Waals surface area contributed by atoms with Crippen LogP contribution < -0.4 is 5.46 Å². The fourth-order valence-corrected chi connectivity index (χ4v) is 3.69. The number of hydrogen-bond donors (Lipinski definition) is 1. The second kappa shape index (κ2) is 6.43. The number of carboxylic acid groups (broad SMARTS) is 1. The predicted octanol–water partition coefficient (Wildman–Crippen LogP) is 3.24. The molecule has 1 saturated heterocycles. The fourth-order valence-electron chi connectivity index (χ4n) is 3.69. The summed E-state index contributed by atoms with van der Waals surface area (Å²) in [4.78, 5) is 11.0. The molecule has 0 radical (unpaired) electrons. The first kappa shape index (κ1) is 17.0. The molecule has 4 nitrogen and oxygen atoms in total. The van der Waals surface area contributed by atoms with E-state index in [1.54, 1.807) is 24.3 Å². The average Bonchev–Trinajstić information content (AvgIpc) is 2.90. The Hall–Kier alpha value is -1.33. The van der Waals surface area contributed by atoms with Crippen molar-refractivity contribution in [3.05, 3.63) is 29.8 Å². The van der Waals surface area contributed by atoms with Gasteiger partial charge in [0, 0.05) is 0 Å². The smallest absolute Gasteiger partial charge is 0.478 e. The van der Waals surface area contributed by atoms with E-state index in [4.69, 9.17) is 14.4 Å². The fraction of sp³-hybridized carbons (Fsp3) is 0.588. The molecule has 1 aliphatic rings. The van der Waals surface area contributed by atoms with Gasteiger partial charge in [0.25, 0.3) is 0 Å². The quantitative estimate of drug-likeness (QED) is 0.820. The summed E-state index contributed by atoms with van der Waals surface area (Å²) in [6.45, 7) is 8.57. The summed E-state index contributed by atoms with van der Waals surface area (Å²) in [5.74, 6) is -0.923. The minimum absolute atomic E-state index is 0.274. The maximum atomic E-state index is 11.0. The molecule has 22 heavy (non-hydrogen) atoms. The van der Waals surface area contributed by atoms with Crippen LogP contribution in [0.2, 0.25) is 0 Å². The van der Waals surface area contributed by atoms with Crippen LogP contribution >= 0.6 is 0 Å². The van der Waals surface area contributed by atoms with E-state index in [0.717, 1.165) is 31.1 Å². The van der Waals surface area contributed by atoms with Gasteiger partial charge in [0.05, 0.1) is 16.8 Å². The largest absolute Gasteiger partial charge is 0.494 e. The van der Waals surface area contributed by atoms with Crippen LogP contribution in [-0.4, -0.2) is 29.4 Å². The molecule has 0 bridgehead atoms. The molecule has 1 aliphatic heterocycles. The minimum Gasteiger partial charge on any atom is -0.478 e. The van der Waals surface area contributed by atoms with Gasteiger partial charge >= 0.3 is 13.1 Å². The Morgan fingerprint density at radius 2 is 1.36 bits per heavy atom. The Labute approximate surface area is 133 Å². The van der Waals surface area contributed by atoms with Crippen molar-refractivity contribution < 1.29 is 19.2 Å². The zero-order valence-corrected chi connectivity index (χ0v) is 13.9. The highest BCUT2D eigenvalue weighted by molar-refractivity contribution is 6.62. The Bertz CT molecular complexity index is 498. The summed E-state index contributed by atoms with van der Waals surface area (Å²) < 4.78 is 12.7. The molecule has 1 aromatic rings. The third kappa shape index (κ3) is 2.57. The average molecular weight is 304 g/mol. The number of benzene rings is 1. The van der Waals surface area contributed by atoms with E-state index < -0.39 is 13.1 Å². The number of aromatic carboxylic acids is 1. The van der Waals surface area contributed by atoms with Crippen LogP contribution in [0.5, 0.6) is 0 Å².